The monoisotopic (exact) mass is 203 g/mol. The molecule has 4 nitrogen and oxygen atoms in total. The van der Waals surface area contributed by atoms with Gasteiger partial charge in [0, 0.05) is 12.5 Å². The van der Waals surface area contributed by atoms with Crippen LogP contribution in [0.5, 0.6) is 5.75 Å². The lowest BCUT2D eigenvalue weighted by Gasteiger charge is -2.25. The number of benzene rings is 1. The van der Waals surface area contributed by atoms with Gasteiger partial charge in [-0.2, -0.15) is 0 Å². The smallest absolute Gasteiger partial charge is 0.117 e. The summed E-state index contributed by atoms with van der Waals surface area (Å²) >= 11 is 0. The SMILES string of the molecule is Oc1ccc2nc(CC3CNC3)[nH]c2c1. The predicted octanol–water partition coefficient (Wildman–Crippen LogP) is 1.03. The summed E-state index contributed by atoms with van der Waals surface area (Å²) in [6.07, 6.45) is 0.989. The largest absolute Gasteiger partial charge is 0.508 e. The Hall–Kier alpha value is -1.55. The standard InChI is InChI=1S/C11H13N3O/c15-8-1-2-9-10(4-8)14-11(13-9)3-7-5-12-6-7/h1-2,4,7,12,15H,3,5-6H2,(H,13,14). The van der Waals surface area contributed by atoms with Crippen molar-refractivity contribution in [2.45, 2.75) is 6.42 Å². The van der Waals surface area contributed by atoms with Crippen molar-refractivity contribution in [1.29, 1.82) is 0 Å². The van der Waals surface area contributed by atoms with Gasteiger partial charge in [0.05, 0.1) is 11.0 Å². The van der Waals surface area contributed by atoms with E-state index in [0.717, 1.165) is 36.4 Å². The molecule has 0 amide bonds. The van der Waals surface area contributed by atoms with Gasteiger partial charge in [-0.25, -0.2) is 4.98 Å². The molecule has 0 saturated carbocycles. The number of aromatic hydroxyl groups is 1. The summed E-state index contributed by atoms with van der Waals surface area (Å²) in [7, 11) is 0. The van der Waals surface area contributed by atoms with E-state index < -0.39 is 0 Å². The summed E-state index contributed by atoms with van der Waals surface area (Å²) in [6, 6.07) is 5.21. The van der Waals surface area contributed by atoms with Crippen LogP contribution in [0.3, 0.4) is 0 Å². The second-order valence-electron chi connectivity index (χ2n) is 4.11. The van der Waals surface area contributed by atoms with E-state index in [1.54, 1.807) is 12.1 Å². The van der Waals surface area contributed by atoms with Crippen molar-refractivity contribution in [1.82, 2.24) is 15.3 Å². The lowest BCUT2D eigenvalue weighted by Crippen LogP contribution is -2.43. The molecular weight excluding hydrogens is 190 g/mol. The number of phenols is 1. The van der Waals surface area contributed by atoms with Gasteiger partial charge in [-0.1, -0.05) is 0 Å². The lowest BCUT2D eigenvalue weighted by atomic mass is 9.99. The van der Waals surface area contributed by atoms with Crippen LogP contribution in [-0.2, 0) is 6.42 Å². The number of fused-ring (bicyclic) bond motifs is 1. The Balaban J connectivity index is 1.91. The molecule has 0 unspecified atom stereocenters. The van der Waals surface area contributed by atoms with Crippen LogP contribution < -0.4 is 5.32 Å². The maximum Gasteiger partial charge on any atom is 0.117 e. The van der Waals surface area contributed by atoms with E-state index in [9.17, 15) is 5.11 Å². The maximum atomic E-state index is 9.32. The molecule has 3 N–H and O–H groups in total. The average molecular weight is 203 g/mol. The van der Waals surface area contributed by atoms with Crippen LogP contribution in [0.4, 0.5) is 0 Å². The minimum absolute atomic E-state index is 0.281. The number of hydrogen-bond acceptors (Lipinski definition) is 3. The molecule has 78 valence electrons. The molecule has 0 radical (unpaired) electrons. The van der Waals surface area contributed by atoms with Crippen LogP contribution in [0, 0.1) is 5.92 Å². The van der Waals surface area contributed by atoms with Crippen LogP contribution in [0.25, 0.3) is 11.0 Å². The van der Waals surface area contributed by atoms with Gasteiger partial charge < -0.3 is 15.4 Å². The van der Waals surface area contributed by atoms with Gasteiger partial charge in [0.1, 0.15) is 11.6 Å². The Morgan fingerprint density at radius 3 is 3.00 bits per heavy atom. The fraction of sp³-hybridized carbons (Fsp3) is 0.364. The van der Waals surface area contributed by atoms with Crippen LogP contribution in [0.1, 0.15) is 5.82 Å². The van der Waals surface area contributed by atoms with Crippen LogP contribution in [-0.4, -0.2) is 28.2 Å². The molecule has 0 aliphatic carbocycles. The van der Waals surface area contributed by atoms with Crippen LogP contribution in [0.15, 0.2) is 18.2 Å². The minimum atomic E-state index is 0.281. The number of phenolic OH excluding ortho intramolecular Hbond substituents is 1. The van der Waals surface area contributed by atoms with Crippen molar-refractivity contribution in [3.63, 3.8) is 0 Å². The molecule has 2 heterocycles. The Morgan fingerprint density at radius 2 is 2.27 bits per heavy atom. The van der Waals surface area contributed by atoms with Gasteiger partial charge in [-0.05, 0) is 31.1 Å². The molecule has 1 aliphatic heterocycles. The quantitative estimate of drug-likeness (QED) is 0.683. The zero-order valence-electron chi connectivity index (χ0n) is 8.33. The van der Waals surface area contributed by atoms with Gasteiger partial charge in [-0.15, -0.1) is 0 Å². The Kier molecular flexibility index (Phi) is 1.89. The average Bonchev–Trinajstić information content (AvgIpc) is 2.53. The first-order valence-corrected chi connectivity index (χ1v) is 5.19. The van der Waals surface area contributed by atoms with E-state index in [-0.39, 0.29) is 5.75 Å². The topological polar surface area (TPSA) is 60.9 Å². The van der Waals surface area contributed by atoms with E-state index in [0.29, 0.717) is 5.92 Å². The molecule has 1 aromatic heterocycles. The molecular formula is C11H13N3O. The van der Waals surface area contributed by atoms with Gasteiger partial charge >= 0.3 is 0 Å². The molecule has 4 heteroatoms. The van der Waals surface area contributed by atoms with Crippen molar-refractivity contribution < 1.29 is 5.11 Å². The van der Waals surface area contributed by atoms with Crippen molar-refractivity contribution >= 4 is 11.0 Å². The van der Waals surface area contributed by atoms with E-state index in [4.69, 9.17) is 0 Å². The molecule has 1 aliphatic rings. The Bertz CT molecular complexity index is 488. The number of rotatable bonds is 2. The number of hydrogen-bond donors (Lipinski definition) is 3. The highest BCUT2D eigenvalue weighted by atomic mass is 16.3. The van der Waals surface area contributed by atoms with Crippen LogP contribution in [0.2, 0.25) is 0 Å². The summed E-state index contributed by atoms with van der Waals surface area (Å²) in [6.45, 7) is 2.17. The van der Waals surface area contributed by atoms with Gasteiger partial charge in [0.15, 0.2) is 0 Å². The highest BCUT2D eigenvalue weighted by Crippen LogP contribution is 2.19. The third kappa shape index (κ3) is 1.57. The Morgan fingerprint density at radius 1 is 1.40 bits per heavy atom. The third-order valence-corrected chi connectivity index (χ3v) is 2.86. The van der Waals surface area contributed by atoms with E-state index in [1.165, 1.54) is 0 Å². The number of nitrogens with one attached hydrogen (secondary N) is 2. The number of imidazole rings is 1. The lowest BCUT2D eigenvalue weighted by molar-refractivity contribution is 0.342. The molecule has 0 spiro atoms. The van der Waals surface area contributed by atoms with Crippen molar-refractivity contribution in [2.75, 3.05) is 13.1 Å². The second-order valence-corrected chi connectivity index (χ2v) is 4.11. The molecule has 0 bridgehead atoms. The molecule has 1 fully saturated rings. The van der Waals surface area contributed by atoms with Crippen molar-refractivity contribution in [3.8, 4) is 5.75 Å². The van der Waals surface area contributed by atoms with Gasteiger partial charge in [-0.3, -0.25) is 0 Å². The first kappa shape index (κ1) is 8.73. The highest BCUT2D eigenvalue weighted by molar-refractivity contribution is 5.76. The van der Waals surface area contributed by atoms with Crippen LogP contribution >= 0.6 is 0 Å². The maximum absolute atomic E-state index is 9.32. The summed E-state index contributed by atoms with van der Waals surface area (Å²) < 4.78 is 0. The normalized spacial score (nSPS) is 16.8. The van der Waals surface area contributed by atoms with E-state index >= 15 is 0 Å². The first-order chi connectivity index (χ1) is 7.31. The number of nitrogens with zero attached hydrogens (tertiary/aromatic N) is 1. The number of H-pyrrole nitrogens is 1. The minimum Gasteiger partial charge on any atom is -0.508 e. The van der Waals surface area contributed by atoms with E-state index in [1.807, 2.05) is 6.07 Å². The molecule has 2 aromatic rings. The molecule has 15 heavy (non-hydrogen) atoms. The Labute approximate surface area is 87.3 Å². The predicted molar refractivity (Wildman–Crippen MR) is 57.8 cm³/mol. The zero-order chi connectivity index (χ0) is 10.3. The summed E-state index contributed by atoms with van der Waals surface area (Å²) in [5.41, 5.74) is 1.84. The molecule has 1 aromatic carbocycles. The third-order valence-electron chi connectivity index (χ3n) is 2.86. The van der Waals surface area contributed by atoms with Crippen molar-refractivity contribution in [3.05, 3.63) is 24.0 Å². The second kappa shape index (κ2) is 3.24. The summed E-state index contributed by atoms with van der Waals surface area (Å²) in [5.74, 6) is 2.00. The molecule has 0 atom stereocenters. The first-order valence-electron chi connectivity index (χ1n) is 5.19. The summed E-state index contributed by atoms with van der Waals surface area (Å²) in [5, 5.41) is 12.6. The number of aromatic amines is 1. The summed E-state index contributed by atoms with van der Waals surface area (Å²) in [4.78, 5) is 7.72. The van der Waals surface area contributed by atoms with E-state index in [2.05, 4.69) is 15.3 Å². The van der Waals surface area contributed by atoms with Gasteiger partial charge in [0.25, 0.3) is 0 Å². The fourth-order valence-electron chi connectivity index (χ4n) is 1.91. The van der Waals surface area contributed by atoms with Crippen molar-refractivity contribution in [2.24, 2.45) is 5.92 Å². The molecule has 1 saturated heterocycles. The number of aromatic nitrogens is 2. The highest BCUT2D eigenvalue weighted by Gasteiger charge is 2.18. The van der Waals surface area contributed by atoms with Gasteiger partial charge in [0.2, 0.25) is 0 Å². The fourth-order valence-corrected chi connectivity index (χ4v) is 1.91. The molecule has 3 rings (SSSR count). The zero-order valence-corrected chi connectivity index (χ0v) is 8.33.